The van der Waals surface area contributed by atoms with Gasteiger partial charge in [-0.25, -0.2) is 0 Å². The minimum atomic E-state index is 0.139. The van der Waals surface area contributed by atoms with Crippen LogP contribution in [0.25, 0.3) is 0 Å². The Hall–Kier alpha value is -1.59. The monoisotopic (exact) mass is 345 g/mol. The molecule has 5 nitrogen and oxygen atoms in total. The summed E-state index contributed by atoms with van der Waals surface area (Å²) in [5.41, 5.74) is 1.25. The van der Waals surface area contributed by atoms with Gasteiger partial charge in [-0.3, -0.25) is 9.69 Å². The van der Waals surface area contributed by atoms with Crippen molar-refractivity contribution in [2.75, 3.05) is 46.9 Å². The average Bonchev–Trinajstić information content (AvgIpc) is 2.82. The maximum absolute atomic E-state index is 12.3. The SMILES string of the molecule is CN1CCC(N(C)CC(=O)NC[C@@H]2CCOc3ccccc3C2)CC1. The molecule has 0 bridgehead atoms. The van der Waals surface area contributed by atoms with Crippen molar-refractivity contribution in [1.82, 2.24) is 15.1 Å². The molecule has 2 heterocycles. The van der Waals surface area contributed by atoms with Crippen molar-refractivity contribution >= 4 is 5.91 Å². The number of fused-ring (bicyclic) bond motifs is 1. The van der Waals surface area contributed by atoms with Crippen molar-refractivity contribution in [2.24, 2.45) is 5.92 Å². The fourth-order valence-electron chi connectivity index (χ4n) is 3.84. The van der Waals surface area contributed by atoms with Crippen LogP contribution >= 0.6 is 0 Å². The predicted octanol–water partition coefficient (Wildman–Crippen LogP) is 1.77. The van der Waals surface area contributed by atoms with Crippen molar-refractivity contribution in [3.8, 4) is 5.75 Å². The molecule has 1 atom stereocenters. The number of hydrogen-bond acceptors (Lipinski definition) is 4. The number of carbonyl (C=O) groups is 1. The highest BCUT2D eigenvalue weighted by atomic mass is 16.5. The molecule has 0 aliphatic carbocycles. The number of ether oxygens (including phenoxy) is 1. The van der Waals surface area contributed by atoms with E-state index in [0.29, 0.717) is 18.5 Å². The van der Waals surface area contributed by atoms with Crippen LogP contribution < -0.4 is 10.1 Å². The Labute approximate surface area is 151 Å². The van der Waals surface area contributed by atoms with E-state index in [1.165, 1.54) is 5.56 Å². The Kier molecular flexibility index (Phi) is 6.32. The maximum Gasteiger partial charge on any atom is 0.234 e. The van der Waals surface area contributed by atoms with Crippen LogP contribution in [-0.4, -0.2) is 68.6 Å². The summed E-state index contributed by atoms with van der Waals surface area (Å²) in [5, 5.41) is 3.14. The first-order chi connectivity index (χ1) is 12.1. The van der Waals surface area contributed by atoms with E-state index in [9.17, 15) is 4.79 Å². The van der Waals surface area contributed by atoms with E-state index in [1.807, 2.05) is 12.1 Å². The van der Waals surface area contributed by atoms with Gasteiger partial charge in [0.1, 0.15) is 5.75 Å². The Morgan fingerprint density at radius 2 is 2.04 bits per heavy atom. The van der Waals surface area contributed by atoms with Gasteiger partial charge in [-0.1, -0.05) is 18.2 Å². The molecule has 0 unspecified atom stereocenters. The number of likely N-dealkylation sites (N-methyl/N-ethyl adjacent to an activating group) is 1. The van der Waals surface area contributed by atoms with Crippen LogP contribution in [0.15, 0.2) is 24.3 Å². The lowest BCUT2D eigenvalue weighted by molar-refractivity contribution is -0.122. The maximum atomic E-state index is 12.3. The molecule has 1 N–H and O–H groups in total. The first kappa shape index (κ1) is 18.2. The Balaban J connectivity index is 1.43. The largest absolute Gasteiger partial charge is 0.493 e. The average molecular weight is 345 g/mol. The van der Waals surface area contributed by atoms with Gasteiger partial charge in [0, 0.05) is 12.6 Å². The van der Waals surface area contributed by atoms with Gasteiger partial charge in [0.05, 0.1) is 13.2 Å². The third kappa shape index (κ3) is 5.19. The van der Waals surface area contributed by atoms with Crippen molar-refractivity contribution in [2.45, 2.75) is 31.7 Å². The molecule has 5 heteroatoms. The molecule has 1 amide bonds. The van der Waals surface area contributed by atoms with E-state index >= 15 is 0 Å². The van der Waals surface area contributed by atoms with Crippen LogP contribution in [0.1, 0.15) is 24.8 Å². The highest BCUT2D eigenvalue weighted by Gasteiger charge is 2.23. The smallest absolute Gasteiger partial charge is 0.234 e. The van der Waals surface area contributed by atoms with E-state index in [-0.39, 0.29) is 5.91 Å². The second-order valence-corrected chi connectivity index (χ2v) is 7.57. The summed E-state index contributed by atoms with van der Waals surface area (Å²) in [7, 11) is 4.24. The highest BCUT2D eigenvalue weighted by molar-refractivity contribution is 5.78. The standard InChI is InChI=1S/C20H31N3O2/c1-22-10-7-18(8-11-22)23(2)15-20(24)21-14-16-9-12-25-19-6-4-3-5-17(19)13-16/h3-6,16,18H,7-15H2,1-2H3,(H,21,24)/t16-/m1/s1. The molecule has 1 aromatic carbocycles. The second kappa shape index (κ2) is 8.68. The molecule has 0 saturated carbocycles. The van der Waals surface area contributed by atoms with Gasteiger partial charge in [0.2, 0.25) is 5.91 Å². The number of hydrogen-bond donors (Lipinski definition) is 1. The zero-order chi connectivity index (χ0) is 17.6. The minimum Gasteiger partial charge on any atom is -0.493 e. The fourth-order valence-corrected chi connectivity index (χ4v) is 3.84. The number of piperidine rings is 1. The normalized spacial score (nSPS) is 22.1. The number of carbonyl (C=O) groups excluding carboxylic acids is 1. The van der Waals surface area contributed by atoms with Gasteiger partial charge in [0.15, 0.2) is 0 Å². The topological polar surface area (TPSA) is 44.8 Å². The molecule has 138 valence electrons. The van der Waals surface area contributed by atoms with Crippen molar-refractivity contribution in [1.29, 1.82) is 0 Å². The molecule has 2 aliphatic heterocycles. The predicted molar refractivity (Wildman–Crippen MR) is 99.9 cm³/mol. The summed E-state index contributed by atoms with van der Waals surface area (Å²) in [6.07, 6.45) is 4.26. The van der Waals surface area contributed by atoms with Crippen LogP contribution in [0.4, 0.5) is 0 Å². The van der Waals surface area contributed by atoms with Gasteiger partial charge < -0.3 is 15.0 Å². The van der Waals surface area contributed by atoms with Crippen LogP contribution in [0.2, 0.25) is 0 Å². The van der Waals surface area contributed by atoms with Crippen LogP contribution in [0, 0.1) is 5.92 Å². The summed E-state index contributed by atoms with van der Waals surface area (Å²) in [5.74, 6) is 1.58. The Morgan fingerprint density at radius 3 is 2.84 bits per heavy atom. The number of nitrogens with one attached hydrogen (secondary N) is 1. The van der Waals surface area contributed by atoms with Gasteiger partial charge in [0.25, 0.3) is 0 Å². The van der Waals surface area contributed by atoms with E-state index in [1.54, 1.807) is 0 Å². The number of nitrogens with zero attached hydrogens (tertiary/aromatic N) is 2. The molecule has 1 fully saturated rings. The lowest BCUT2D eigenvalue weighted by atomic mass is 9.97. The van der Waals surface area contributed by atoms with Crippen molar-refractivity contribution < 1.29 is 9.53 Å². The molecule has 0 radical (unpaired) electrons. The Bertz CT molecular complexity index is 570. The number of benzene rings is 1. The molecule has 1 saturated heterocycles. The third-order valence-corrected chi connectivity index (χ3v) is 5.56. The first-order valence-electron chi connectivity index (χ1n) is 9.48. The van der Waals surface area contributed by atoms with E-state index in [4.69, 9.17) is 4.74 Å². The molecule has 0 spiro atoms. The summed E-state index contributed by atoms with van der Waals surface area (Å²) in [6, 6.07) is 8.76. The quantitative estimate of drug-likeness (QED) is 0.883. The molecule has 25 heavy (non-hydrogen) atoms. The second-order valence-electron chi connectivity index (χ2n) is 7.57. The Morgan fingerprint density at radius 1 is 1.28 bits per heavy atom. The molecular formula is C20H31N3O2. The number of rotatable bonds is 5. The van der Waals surface area contributed by atoms with E-state index in [0.717, 1.165) is 57.7 Å². The van der Waals surface area contributed by atoms with Crippen molar-refractivity contribution in [3.63, 3.8) is 0 Å². The fraction of sp³-hybridized carbons (Fsp3) is 0.650. The molecule has 1 aromatic rings. The zero-order valence-corrected chi connectivity index (χ0v) is 15.5. The van der Waals surface area contributed by atoms with Crippen LogP contribution in [-0.2, 0) is 11.2 Å². The highest BCUT2D eigenvalue weighted by Crippen LogP contribution is 2.26. The van der Waals surface area contributed by atoms with Crippen LogP contribution in [0.5, 0.6) is 5.75 Å². The van der Waals surface area contributed by atoms with E-state index in [2.05, 4.69) is 41.3 Å². The van der Waals surface area contributed by atoms with E-state index < -0.39 is 0 Å². The molecule has 2 aliphatic rings. The summed E-state index contributed by atoms with van der Waals surface area (Å²) in [6.45, 7) is 4.20. The lowest BCUT2D eigenvalue weighted by Gasteiger charge is -2.34. The third-order valence-electron chi connectivity index (χ3n) is 5.56. The summed E-state index contributed by atoms with van der Waals surface area (Å²) in [4.78, 5) is 16.9. The molecule has 3 rings (SSSR count). The van der Waals surface area contributed by atoms with Gasteiger partial charge in [-0.05, 0) is 70.4 Å². The zero-order valence-electron chi connectivity index (χ0n) is 15.5. The summed E-state index contributed by atoms with van der Waals surface area (Å²) >= 11 is 0. The summed E-state index contributed by atoms with van der Waals surface area (Å²) < 4.78 is 5.81. The molecular weight excluding hydrogens is 314 g/mol. The number of amides is 1. The van der Waals surface area contributed by atoms with Gasteiger partial charge >= 0.3 is 0 Å². The molecule has 0 aromatic heterocycles. The van der Waals surface area contributed by atoms with Crippen LogP contribution in [0.3, 0.4) is 0 Å². The van der Waals surface area contributed by atoms with Crippen molar-refractivity contribution in [3.05, 3.63) is 29.8 Å². The van der Waals surface area contributed by atoms with Gasteiger partial charge in [-0.2, -0.15) is 0 Å². The van der Waals surface area contributed by atoms with Gasteiger partial charge in [-0.15, -0.1) is 0 Å². The number of likely N-dealkylation sites (tertiary alicyclic amines) is 1. The first-order valence-corrected chi connectivity index (χ1v) is 9.48. The number of para-hydroxylation sites is 1. The lowest BCUT2D eigenvalue weighted by Crippen LogP contribution is -2.46. The minimum absolute atomic E-state index is 0.139.